The monoisotopic (exact) mass is 306 g/mol. The third kappa shape index (κ3) is 6.85. The van der Waals surface area contributed by atoms with E-state index in [1.807, 2.05) is 0 Å². The lowest BCUT2D eigenvalue weighted by molar-refractivity contribution is -0.314. The van der Waals surface area contributed by atoms with Gasteiger partial charge in [-0.15, -0.1) is 0 Å². The first-order valence-electron chi connectivity index (χ1n) is 6.35. The molecule has 1 aromatic rings. The van der Waals surface area contributed by atoms with E-state index in [9.17, 15) is 14.6 Å². The Morgan fingerprint density at radius 1 is 1.10 bits per heavy atom. The highest BCUT2D eigenvalue weighted by Gasteiger charge is 2.23. The van der Waals surface area contributed by atoms with Gasteiger partial charge in [-0.2, -0.15) is 0 Å². The summed E-state index contributed by atoms with van der Waals surface area (Å²) in [6.07, 6.45) is -3.06. The van der Waals surface area contributed by atoms with Gasteiger partial charge in [0.05, 0.1) is 23.7 Å². The van der Waals surface area contributed by atoms with Gasteiger partial charge in [-0.25, -0.2) is 4.39 Å². The maximum absolute atomic E-state index is 12.3. The summed E-state index contributed by atoms with van der Waals surface area (Å²) in [6, 6.07) is 0. The van der Waals surface area contributed by atoms with Crippen LogP contribution in [0.3, 0.4) is 0 Å². The predicted octanol–water partition coefficient (Wildman–Crippen LogP) is -1.50. The second-order valence-electron chi connectivity index (χ2n) is 4.74. The number of hydrogen-bond donors (Lipinski definition) is 6. The van der Waals surface area contributed by atoms with Crippen molar-refractivity contribution in [1.82, 2.24) is 9.97 Å². The molecule has 120 valence electrons. The first kappa shape index (κ1) is 17.8. The fraction of sp³-hybridized carbons (Fsp3) is 0.667. The zero-order chi connectivity index (χ0) is 16.0. The van der Waals surface area contributed by atoms with E-state index in [0.717, 1.165) is 0 Å². The van der Waals surface area contributed by atoms with E-state index in [2.05, 4.69) is 9.97 Å². The average molecular weight is 306 g/mol. The number of aromatic nitrogens is 2. The third-order valence-corrected chi connectivity index (χ3v) is 2.77. The van der Waals surface area contributed by atoms with Crippen molar-refractivity contribution in [2.75, 3.05) is 0 Å². The molecule has 0 aliphatic rings. The molecule has 0 aliphatic carbocycles. The lowest BCUT2D eigenvalue weighted by Gasteiger charge is -2.17. The smallest absolute Gasteiger partial charge is 0.275 e. The van der Waals surface area contributed by atoms with Crippen LogP contribution < -0.4 is 0 Å². The van der Waals surface area contributed by atoms with Gasteiger partial charge in [-0.1, -0.05) is 0 Å². The minimum atomic E-state index is -2.72. The molecule has 3 unspecified atom stereocenters. The summed E-state index contributed by atoms with van der Waals surface area (Å²) < 4.78 is 12.3. The van der Waals surface area contributed by atoms with Gasteiger partial charge in [0.2, 0.25) is 0 Å². The van der Waals surface area contributed by atoms with Gasteiger partial charge in [0.15, 0.2) is 6.36 Å². The highest BCUT2D eigenvalue weighted by Crippen LogP contribution is 2.18. The van der Waals surface area contributed by atoms with Crippen LogP contribution >= 0.6 is 0 Å². The SMILES string of the molecule is OC(F)CC(O)C(O)c1cnc(CCCC(O)(O)O)cn1. The summed E-state index contributed by atoms with van der Waals surface area (Å²) in [5.74, 6) is -2.72. The first-order chi connectivity index (χ1) is 9.69. The molecule has 3 atom stereocenters. The van der Waals surface area contributed by atoms with Crippen LogP contribution in [0.2, 0.25) is 0 Å². The van der Waals surface area contributed by atoms with Crippen molar-refractivity contribution < 1.29 is 35.0 Å². The maximum Gasteiger partial charge on any atom is 0.275 e. The quantitative estimate of drug-likeness (QED) is 0.318. The Bertz CT molecular complexity index is 423. The highest BCUT2D eigenvalue weighted by atomic mass is 19.1. The van der Waals surface area contributed by atoms with Crippen molar-refractivity contribution in [3.05, 3.63) is 23.8 Å². The van der Waals surface area contributed by atoms with E-state index in [-0.39, 0.29) is 18.5 Å². The third-order valence-electron chi connectivity index (χ3n) is 2.77. The summed E-state index contributed by atoms with van der Waals surface area (Å²) >= 11 is 0. The number of alkyl halides is 1. The molecule has 21 heavy (non-hydrogen) atoms. The van der Waals surface area contributed by atoms with Gasteiger partial charge >= 0.3 is 0 Å². The Kier molecular flexibility index (Phi) is 6.52. The van der Waals surface area contributed by atoms with E-state index in [1.54, 1.807) is 0 Å². The van der Waals surface area contributed by atoms with Crippen molar-refractivity contribution in [2.45, 2.75) is 50.2 Å². The molecular weight excluding hydrogens is 287 g/mol. The minimum Gasteiger partial charge on any atom is -0.390 e. The molecule has 0 aliphatic heterocycles. The largest absolute Gasteiger partial charge is 0.390 e. The standard InChI is InChI=1S/C12H19FN2O6/c13-10(17)4-9(16)11(18)8-6-14-7(5-15-8)2-1-3-12(19,20)21/h5-6,9-11,16-21H,1-4H2. The number of rotatable bonds is 8. The molecule has 0 saturated carbocycles. The molecule has 0 amide bonds. The molecule has 0 aromatic carbocycles. The van der Waals surface area contributed by atoms with E-state index in [4.69, 9.17) is 20.4 Å². The van der Waals surface area contributed by atoms with Gasteiger partial charge in [0.1, 0.15) is 6.10 Å². The molecule has 8 nitrogen and oxygen atoms in total. The van der Waals surface area contributed by atoms with Crippen molar-refractivity contribution in [3.8, 4) is 0 Å². The maximum atomic E-state index is 12.3. The zero-order valence-electron chi connectivity index (χ0n) is 11.2. The van der Waals surface area contributed by atoms with Crippen molar-refractivity contribution >= 4 is 0 Å². The molecule has 6 N–H and O–H groups in total. The summed E-state index contributed by atoms with van der Waals surface area (Å²) in [5, 5.41) is 53.7. The van der Waals surface area contributed by atoms with Gasteiger partial charge in [0, 0.05) is 19.0 Å². The van der Waals surface area contributed by atoms with E-state index < -0.39 is 31.0 Å². The Balaban J connectivity index is 2.53. The lowest BCUT2D eigenvalue weighted by atomic mass is 10.1. The molecule has 0 spiro atoms. The number of aliphatic hydroxyl groups excluding tert-OH is 3. The van der Waals surface area contributed by atoms with Crippen molar-refractivity contribution in [1.29, 1.82) is 0 Å². The summed E-state index contributed by atoms with van der Waals surface area (Å²) in [7, 11) is 0. The van der Waals surface area contributed by atoms with Crippen molar-refractivity contribution in [2.24, 2.45) is 0 Å². The second kappa shape index (κ2) is 7.69. The number of hydrogen-bond acceptors (Lipinski definition) is 8. The Hall–Kier alpha value is -1.23. The number of aliphatic hydroxyl groups is 6. The zero-order valence-corrected chi connectivity index (χ0v) is 11.2. The predicted molar refractivity (Wildman–Crippen MR) is 67.1 cm³/mol. The van der Waals surface area contributed by atoms with Crippen LogP contribution in [0.1, 0.15) is 36.8 Å². The molecule has 9 heteroatoms. The Morgan fingerprint density at radius 3 is 2.24 bits per heavy atom. The minimum absolute atomic E-state index is 0.0210. The molecule has 0 saturated heterocycles. The van der Waals surface area contributed by atoms with Crippen molar-refractivity contribution in [3.63, 3.8) is 0 Å². The number of nitrogens with zero attached hydrogens (tertiary/aromatic N) is 2. The average Bonchev–Trinajstić information content (AvgIpc) is 2.36. The molecule has 0 radical (unpaired) electrons. The van der Waals surface area contributed by atoms with E-state index in [1.165, 1.54) is 12.4 Å². The van der Waals surface area contributed by atoms with Gasteiger partial charge < -0.3 is 30.6 Å². The Morgan fingerprint density at radius 2 is 1.76 bits per heavy atom. The van der Waals surface area contributed by atoms with Crippen LogP contribution in [0, 0.1) is 0 Å². The highest BCUT2D eigenvalue weighted by molar-refractivity contribution is 5.06. The molecule has 0 fully saturated rings. The van der Waals surface area contributed by atoms with Crippen LogP contribution in [-0.4, -0.2) is 59.0 Å². The molecule has 1 rings (SSSR count). The van der Waals surface area contributed by atoms with Crippen LogP contribution in [-0.2, 0) is 6.42 Å². The number of aryl methyl sites for hydroxylation is 1. The topological polar surface area (TPSA) is 147 Å². The van der Waals surface area contributed by atoms with E-state index in [0.29, 0.717) is 12.1 Å². The Labute approximate surface area is 120 Å². The summed E-state index contributed by atoms with van der Waals surface area (Å²) in [5.41, 5.74) is 0.503. The van der Waals surface area contributed by atoms with E-state index >= 15 is 0 Å². The van der Waals surface area contributed by atoms with Crippen LogP contribution in [0.4, 0.5) is 4.39 Å². The fourth-order valence-electron chi connectivity index (χ4n) is 1.68. The van der Waals surface area contributed by atoms with Crippen LogP contribution in [0.15, 0.2) is 12.4 Å². The van der Waals surface area contributed by atoms with Crippen LogP contribution in [0.25, 0.3) is 0 Å². The molecule has 0 bridgehead atoms. The lowest BCUT2D eigenvalue weighted by Crippen LogP contribution is -2.26. The number of halogens is 1. The van der Waals surface area contributed by atoms with Gasteiger partial charge in [-0.3, -0.25) is 9.97 Å². The fourth-order valence-corrected chi connectivity index (χ4v) is 1.68. The van der Waals surface area contributed by atoms with Gasteiger partial charge in [-0.05, 0) is 12.8 Å². The normalized spacial score (nSPS) is 16.5. The summed E-state index contributed by atoms with van der Waals surface area (Å²) in [4.78, 5) is 7.80. The van der Waals surface area contributed by atoms with Gasteiger partial charge in [0.25, 0.3) is 5.97 Å². The van der Waals surface area contributed by atoms with Crippen LogP contribution in [0.5, 0.6) is 0 Å². The molecule has 1 aromatic heterocycles. The summed E-state index contributed by atoms with van der Waals surface area (Å²) in [6.45, 7) is 0. The first-order valence-corrected chi connectivity index (χ1v) is 6.35. The molecular formula is C12H19FN2O6. The molecule has 1 heterocycles. The second-order valence-corrected chi connectivity index (χ2v) is 4.74.